The number of likely N-dealkylation sites (tertiary alicyclic amines) is 1. The second kappa shape index (κ2) is 10.6. The molecular formula is C23H37N2O3+. The SMILES string of the molecule is CCCC[N+]1(CC(=O)OCCC)CCCCC1C(=O)Nc1c(C)cccc1C. The van der Waals surface area contributed by atoms with Crippen LogP contribution in [-0.4, -0.2) is 48.6 Å². The molecule has 1 aliphatic heterocycles. The van der Waals surface area contributed by atoms with E-state index in [2.05, 4.69) is 12.2 Å². The van der Waals surface area contributed by atoms with Gasteiger partial charge in [-0.25, -0.2) is 4.79 Å². The number of carbonyl (C=O) groups is 2. The molecule has 2 unspecified atom stereocenters. The Labute approximate surface area is 170 Å². The number of hydrogen-bond acceptors (Lipinski definition) is 3. The topological polar surface area (TPSA) is 55.4 Å². The van der Waals surface area contributed by atoms with Crippen molar-refractivity contribution in [2.75, 3.05) is 31.6 Å². The van der Waals surface area contributed by atoms with Crippen molar-refractivity contribution >= 4 is 17.6 Å². The molecule has 0 spiro atoms. The highest BCUT2D eigenvalue weighted by Gasteiger charge is 2.45. The minimum atomic E-state index is -0.200. The molecule has 5 nitrogen and oxygen atoms in total. The highest BCUT2D eigenvalue weighted by Crippen LogP contribution is 2.29. The maximum absolute atomic E-state index is 13.4. The van der Waals surface area contributed by atoms with E-state index in [1.54, 1.807) is 0 Å². The molecule has 1 fully saturated rings. The Morgan fingerprint density at radius 2 is 1.86 bits per heavy atom. The predicted molar refractivity (Wildman–Crippen MR) is 113 cm³/mol. The van der Waals surface area contributed by atoms with Crippen LogP contribution in [0.2, 0.25) is 0 Å². The first kappa shape index (κ1) is 22.4. The molecular weight excluding hydrogens is 352 g/mol. The largest absolute Gasteiger partial charge is 0.462 e. The van der Waals surface area contributed by atoms with E-state index in [4.69, 9.17) is 4.74 Å². The van der Waals surface area contributed by atoms with Gasteiger partial charge in [-0.1, -0.05) is 38.5 Å². The van der Waals surface area contributed by atoms with Crippen LogP contribution >= 0.6 is 0 Å². The maximum atomic E-state index is 13.4. The molecule has 156 valence electrons. The Balaban J connectivity index is 2.25. The number of para-hydroxylation sites is 1. The third-order valence-electron chi connectivity index (χ3n) is 5.89. The Kier molecular flexibility index (Phi) is 8.49. The van der Waals surface area contributed by atoms with E-state index < -0.39 is 0 Å². The molecule has 0 bridgehead atoms. The van der Waals surface area contributed by atoms with Crippen LogP contribution in [0.15, 0.2) is 18.2 Å². The molecule has 2 atom stereocenters. The third-order valence-corrected chi connectivity index (χ3v) is 5.89. The van der Waals surface area contributed by atoms with Gasteiger partial charge in [0, 0.05) is 12.1 Å². The Hall–Kier alpha value is -1.88. The van der Waals surface area contributed by atoms with Gasteiger partial charge in [-0.3, -0.25) is 4.79 Å². The van der Waals surface area contributed by atoms with Crippen LogP contribution in [0.3, 0.4) is 0 Å². The Bertz CT molecular complexity index is 654. The van der Waals surface area contributed by atoms with E-state index in [0.29, 0.717) is 17.6 Å². The molecule has 28 heavy (non-hydrogen) atoms. The maximum Gasteiger partial charge on any atom is 0.361 e. The molecule has 2 rings (SSSR count). The van der Waals surface area contributed by atoms with Crippen LogP contribution < -0.4 is 5.32 Å². The minimum absolute atomic E-state index is 0.0384. The summed E-state index contributed by atoms with van der Waals surface area (Å²) in [6, 6.07) is 5.84. The average Bonchev–Trinajstić information content (AvgIpc) is 2.68. The summed E-state index contributed by atoms with van der Waals surface area (Å²) in [5.41, 5.74) is 3.04. The number of ether oxygens (including phenoxy) is 1. The summed E-state index contributed by atoms with van der Waals surface area (Å²) < 4.78 is 5.93. The molecule has 1 aromatic carbocycles. The lowest BCUT2D eigenvalue weighted by atomic mass is 9.95. The van der Waals surface area contributed by atoms with Crippen molar-refractivity contribution in [1.29, 1.82) is 0 Å². The summed E-state index contributed by atoms with van der Waals surface area (Å²) >= 11 is 0. The first-order chi connectivity index (χ1) is 13.4. The van der Waals surface area contributed by atoms with Gasteiger partial charge >= 0.3 is 5.97 Å². The molecule has 1 aliphatic rings. The number of nitrogens with one attached hydrogen (secondary N) is 1. The molecule has 1 heterocycles. The normalized spacial score (nSPS) is 21.9. The number of piperidine rings is 1. The summed E-state index contributed by atoms with van der Waals surface area (Å²) in [6.07, 6.45) is 5.78. The second-order valence-electron chi connectivity index (χ2n) is 8.17. The molecule has 1 amide bonds. The first-order valence-corrected chi connectivity index (χ1v) is 10.8. The number of aryl methyl sites for hydroxylation is 2. The van der Waals surface area contributed by atoms with Gasteiger partial charge in [0.1, 0.15) is 0 Å². The van der Waals surface area contributed by atoms with Crippen molar-refractivity contribution in [2.45, 2.75) is 72.3 Å². The number of quaternary nitrogens is 1. The van der Waals surface area contributed by atoms with Gasteiger partial charge < -0.3 is 14.5 Å². The molecule has 0 saturated carbocycles. The summed E-state index contributed by atoms with van der Waals surface area (Å²) in [5.74, 6) is -0.138. The number of esters is 1. The van der Waals surface area contributed by atoms with Gasteiger partial charge in [0.15, 0.2) is 12.6 Å². The fraction of sp³-hybridized carbons (Fsp3) is 0.652. The van der Waals surface area contributed by atoms with Crippen molar-refractivity contribution < 1.29 is 18.8 Å². The zero-order chi connectivity index (χ0) is 20.6. The highest BCUT2D eigenvalue weighted by atomic mass is 16.5. The van der Waals surface area contributed by atoms with Crippen LogP contribution in [0, 0.1) is 13.8 Å². The average molecular weight is 390 g/mol. The van der Waals surface area contributed by atoms with Gasteiger partial charge in [0.25, 0.3) is 5.91 Å². The molecule has 0 aromatic heterocycles. The fourth-order valence-corrected chi connectivity index (χ4v) is 4.32. The van der Waals surface area contributed by atoms with E-state index in [9.17, 15) is 9.59 Å². The molecule has 5 heteroatoms. The van der Waals surface area contributed by atoms with Crippen molar-refractivity contribution in [1.82, 2.24) is 0 Å². The van der Waals surface area contributed by atoms with E-state index in [1.165, 1.54) is 0 Å². The number of hydrogen-bond donors (Lipinski definition) is 1. The summed E-state index contributed by atoms with van der Waals surface area (Å²) in [4.78, 5) is 25.9. The zero-order valence-electron chi connectivity index (χ0n) is 18.1. The van der Waals surface area contributed by atoms with Crippen molar-refractivity contribution in [3.63, 3.8) is 0 Å². The smallest absolute Gasteiger partial charge is 0.361 e. The highest BCUT2D eigenvalue weighted by molar-refractivity contribution is 5.95. The molecule has 1 saturated heterocycles. The van der Waals surface area contributed by atoms with Gasteiger partial charge in [-0.2, -0.15) is 0 Å². The number of carbonyl (C=O) groups excluding carboxylic acids is 2. The Morgan fingerprint density at radius 1 is 1.14 bits per heavy atom. The van der Waals surface area contributed by atoms with Crippen LogP contribution in [0.4, 0.5) is 5.69 Å². The molecule has 0 aliphatic carbocycles. The quantitative estimate of drug-likeness (QED) is 0.504. The van der Waals surface area contributed by atoms with E-state index in [1.807, 2.05) is 39.0 Å². The van der Waals surface area contributed by atoms with Crippen molar-refractivity contribution in [2.24, 2.45) is 0 Å². The lowest BCUT2D eigenvalue weighted by Crippen LogP contribution is -2.64. The standard InChI is InChI=1S/C23H36N2O3/c1-5-7-14-25(17-21(26)28-16-6-2)15-9-8-13-20(25)23(27)24-22-18(3)11-10-12-19(22)4/h10-12,20H,5-9,13-17H2,1-4H3/p+1. The molecule has 0 radical (unpaired) electrons. The first-order valence-electron chi connectivity index (χ1n) is 10.8. The number of nitrogens with zero attached hydrogens (tertiary/aromatic N) is 1. The second-order valence-corrected chi connectivity index (χ2v) is 8.17. The molecule has 1 aromatic rings. The Morgan fingerprint density at radius 3 is 2.50 bits per heavy atom. The fourth-order valence-electron chi connectivity index (χ4n) is 4.32. The van der Waals surface area contributed by atoms with E-state index in [-0.39, 0.29) is 17.9 Å². The van der Waals surface area contributed by atoms with Gasteiger partial charge in [-0.15, -0.1) is 0 Å². The summed E-state index contributed by atoms with van der Waals surface area (Å²) in [5, 5.41) is 3.19. The monoisotopic (exact) mass is 389 g/mol. The summed E-state index contributed by atoms with van der Waals surface area (Å²) in [7, 11) is 0. The van der Waals surface area contributed by atoms with E-state index in [0.717, 1.165) is 68.4 Å². The lowest BCUT2D eigenvalue weighted by Gasteiger charge is -2.46. The lowest BCUT2D eigenvalue weighted by molar-refractivity contribution is -0.940. The van der Waals surface area contributed by atoms with Gasteiger partial charge in [0.05, 0.1) is 19.7 Å². The number of benzene rings is 1. The van der Waals surface area contributed by atoms with Crippen LogP contribution in [-0.2, 0) is 14.3 Å². The van der Waals surface area contributed by atoms with Crippen LogP contribution in [0.25, 0.3) is 0 Å². The summed E-state index contributed by atoms with van der Waals surface area (Å²) in [6.45, 7) is 10.7. The van der Waals surface area contributed by atoms with Gasteiger partial charge in [0.2, 0.25) is 0 Å². The zero-order valence-corrected chi connectivity index (χ0v) is 18.1. The predicted octanol–water partition coefficient (Wildman–Crippen LogP) is 4.36. The molecule has 1 N–H and O–H groups in total. The van der Waals surface area contributed by atoms with Crippen LogP contribution in [0.1, 0.15) is 63.5 Å². The third kappa shape index (κ3) is 5.57. The number of unbranched alkanes of at least 4 members (excludes halogenated alkanes) is 1. The number of rotatable bonds is 9. The number of amides is 1. The minimum Gasteiger partial charge on any atom is -0.462 e. The van der Waals surface area contributed by atoms with Crippen LogP contribution in [0.5, 0.6) is 0 Å². The van der Waals surface area contributed by atoms with Crippen molar-refractivity contribution in [3.8, 4) is 0 Å². The van der Waals surface area contributed by atoms with Crippen molar-refractivity contribution in [3.05, 3.63) is 29.3 Å². The number of anilines is 1. The van der Waals surface area contributed by atoms with E-state index >= 15 is 0 Å². The van der Waals surface area contributed by atoms with Gasteiger partial charge in [-0.05, 0) is 50.7 Å².